The van der Waals surface area contributed by atoms with E-state index in [-0.39, 0.29) is 18.1 Å². The second-order valence-electron chi connectivity index (χ2n) is 5.33. The van der Waals surface area contributed by atoms with Crippen LogP contribution in [0.4, 0.5) is 0 Å². The number of Topliss-reactive ketones (excluding diaryl/α,β-unsaturated/α-hetero) is 1. The van der Waals surface area contributed by atoms with E-state index in [1.54, 1.807) is 34.9 Å². The monoisotopic (exact) mass is 324 g/mol. The molecular formula is C18H16N2O4. The average Bonchev–Trinajstić information content (AvgIpc) is 3.02. The van der Waals surface area contributed by atoms with Crippen molar-refractivity contribution in [2.24, 2.45) is 0 Å². The number of aromatic nitrogens is 2. The molecule has 6 nitrogen and oxygen atoms in total. The van der Waals surface area contributed by atoms with Gasteiger partial charge in [0.1, 0.15) is 11.4 Å². The fourth-order valence-electron chi connectivity index (χ4n) is 2.27. The molecule has 3 aromatic rings. The Kier molecular flexibility index (Phi) is 4.29. The third-order valence-electron chi connectivity index (χ3n) is 3.55. The number of fused-ring (bicyclic) bond motifs is 1. The van der Waals surface area contributed by atoms with Gasteiger partial charge in [-0.2, -0.15) is 0 Å². The second-order valence-corrected chi connectivity index (χ2v) is 5.33. The van der Waals surface area contributed by atoms with Crippen LogP contribution in [0.1, 0.15) is 26.4 Å². The lowest BCUT2D eigenvalue weighted by Gasteiger charge is -2.04. The molecule has 2 heterocycles. The van der Waals surface area contributed by atoms with Gasteiger partial charge in [0, 0.05) is 18.0 Å². The van der Waals surface area contributed by atoms with E-state index >= 15 is 0 Å². The number of benzene rings is 1. The SMILES string of the molecule is COc1cccc(C(=O)COC(=O)c2cn3ccc(C)cc3n2)c1. The molecule has 24 heavy (non-hydrogen) atoms. The van der Waals surface area contributed by atoms with Gasteiger partial charge in [0.2, 0.25) is 0 Å². The second kappa shape index (κ2) is 6.54. The summed E-state index contributed by atoms with van der Waals surface area (Å²) in [5.74, 6) is -0.364. The highest BCUT2D eigenvalue weighted by atomic mass is 16.5. The lowest BCUT2D eigenvalue weighted by atomic mass is 10.1. The maximum atomic E-state index is 12.1. The zero-order chi connectivity index (χ0) is 17.1. The maximum Gasteiger partial charge on any atom is 0.359 e. The summed E-state index contributed by atoms with van der Waals surface area (Å²) in [5.41, 5.74) is 2.29. The summed E-state index contributed by atoms with van der Waals surface area (Å²) in [4.78, 5) is 28.4. The molecule has 0 atom stereocenters. The van der Waals surface area contributed by atoms with Crippen LogP contribution in [-0.2, 0) is 4.74 Å². The van der Waals surface area contributed by atoms with E-state index < -0.39 is 5.97 Å². The lowest BCUT2D eigenvalue weighted by Crippen LogP contribution is -2.14. The Morgan fingerprint density at radius 1 is 1.21 bits per heavy atom. The van der Waals surface area contributed by atoms with Crippen LogP contribution in [0.15, 0.2) is 48.8 Å². The van der Waals surface area contributed by atoms with Crippen LogP contribution >= 0.6 is 0 Å². The van der Waals surface area contributed by atoms with Crippen LogP contribution in [-0.4, -0.2) is 34.9 Å². The topological polar surface area (TPSA) is 69.9 Å². The van der Waals surface area contributed by atoms with Crippen molar-refractivity contribution in [3.63, 3.8) is 0 Å². The maximum absolute atomic E-state index is 12.1. The number of ether oxygens (including phenoxy) is 2. The summed E-state index contributed by atoms with van der Waals surface area (Å²) in [6.07, 6.45) is 3.39. The van der Waals surface area contributed by atoms with Crippen molar-refractivity contribution in [2.45, 2.75) is 6.92 Å². The minimum absolute atomic E-state index is 0.166. The number of pyridine rings is 1. The zero-order valence-corrected chi connectivity index (χ0v) is 13.4. The smallest absolute Gasteiger partial charge is 0.359 e. The van der Waals surface area contributed by atoms with Gasteiger partial charge >= 0.3 is 5.97 Å². The normalized spacial score (nSPS) is 10.6. The molecule has 0 saturated carbocycles. The minimum atomic E-state index is -0.632. The van der Waals surface area contributed by atoms with Crippen LogP contribution in [0.5, 0.6) is 5.75 Å². The summed E-state index contributed by atoms with van der Waals surface area (Å²) in [7, 11) is 1.52. The first-order chi connectivity index (χ1) is 11.6. The van der Waals surface area contributed by atoms with E-state index in [9.17, 15) is 9.59 Å². The van der Waals surface area contributed by atoms with Gasteiger partial charge in [-0.05, 0) is 36.8 Å². The number of rotatable bonds is 5. The molecule has 0 radical (unpaired) electrons. The molecule has 0 amide bonds. The summed E-state index contributed by atoms with van der Waals surface area (Å²) in [6, 6.07) is 10.5. The highest BCUT2D eigenvalue weighted by Gasteiger charge is 2.15. The zero-order valence-electron chi connectivity index (χ0n) is 13.4. The Bertz CT molecular complexity index is 914. The molecule has 3 rings (SSSR count). The predicted molar refractivity (Wildman–Crippen MR) is 87.5 cm³/mol. The van der Waals surface area contributed by atoms with Crippen LogP contribution < -0.4 is 4.74 Å². The predicted octanol–water partition coefficient (Wildman–Crippen LogP) is 2.69. The molecule has 0 N–H and O–H groups in total. The van der Waals surface area contributed by atoms with Gasteiger partial charge in [-0.15, -0.1) is 0 Å². The first-order valence-corrected chi connectivity index (χ1v) is 7.36. The number of hydrogen-bond donors (Lipinski definition) is 0. The van der Waals surface area contributed by atoms with Crippen molar-refractivity contribution < 1.29 is 19.1 Å². The summed E-state index contributed by atoms with van der Waals surface area (Å²) >= 11 is 0. The van der Waals surface area contributed by atoms with Crippen LogP contribution in [0.3, 0.4) is 0 Å². The van der Waals surface area contributed by atoms with Gasteiger partial charge in [-0.25, -0.2) is 9.78 Å². The number of nitrogens with zero attached hydrogens (tertiary/aromatic N) is 2. The van der Waals surface area contributed by atoms with Crippen molar-refractivity contribution in [3.8, 4) is 5.75 Å². The largest absolute Gasteiger partial charge is 0.497 e. The number of hydrogen-bond acceptors (Lipinski definition) is 5. The van der Waals surface area contributed by atoms with Gasteiger partial charge < -0.3 is 13.9 Å². The molecule has 0 aliphatic heterocycles. The molecule has 0 aliphatic rings. The Morgan fingerprint density at radius 3 is 2.83 bits per heavy atom. The summed E-state index contributed by atoms with van der Waals surface area (Å²) < 4.78 is 11.9. The standard InChI is InChI=1S/C18H16N2O4/c1-12-6-7-20-10-15(19-17(20)8-12)18(22)24-11-16(21)13-4-3-5-14(9-13)23-2/h3-10H,11H2,1-2H3. The number of imidazole rings is 1. The van der Waals surface area contributed by atoms with E-state index in [2.05, 4.69) is 4.98 Å². The first-order valence-electron chi connectivity index (χ1n) is 7.36. The third kappa shape index (κ3) is 3.27. The molecule has 0 saturated heterocycles. The molecule has 0 unspecified atom stereocenters. The summed E-state index contributed by atoms with van der Waals surface area (Å²) in [6.45, 7) is 1.60. The van der Waals surface area contributed by atoms with Crippen LogP contribution in [0.25, 0.3) is 5.65 Å². The van der Waals surface area contributed by atoms with Gasteiger partial charge in [0.15, 0.2) is 18.1 Å². The number of methoxy groups -OCH3 is 1. The number of carbonyl (C=O) groups is 2. The van der Waals surface area contributed by atoms with E-state index in [4.69, 9.17) is 9.47 Å². The molecule has 0 bridgehead atoms. The lowest BCUT2D eigenvalue weighted by molar-refractivity contribution is 0.0469. The molecule has 2 aromatic heterocycles. The Labute approximate surface area is 138 Å². The molecule has 6 heteroatoms. The molecule has 122 valence electrons. The fourth-order valence-corrected chi connectivity index (χ4v) is 2.27. The van der Waals surface area contributed by atoms with Gasteiger partial charge in [-0.3, -0.25) is 4.79 Å². The number of aryl methyl sites for hydroxylation is 1. The quantitative estimate of drug-likeness (QED) is 0.533. The van der Waals surface area contributed by atoms with Crippen molar-refractivity contribution in [1.82, 2.24) is 9.38 Å². The van der Waals surface area contributed by atoms with E-state index in [1.807, 2.05) is 25.3 Å². The molecular weight excluding hydrogens is 308 g/mol. The van der Waals surface area contributed by atoms with E-state index in [0.29, 0.717) is 17.0 Å². The highest BCUT2D eigenvalue weighted by Crippen LogP contribution is 2.13. The number of carbonyl (C=O) groups excluding carboxylic acids is 2. The third-order valence-corrected chi connectivity index (χ3v) is 3.55. The van der Waals surface area contributed by atoms with Crippen molar-refractivity contribution in [3.05, 3.63) is 65.6 Å². The van der Waals surface area contributed by atoms with Crippen molar-refractivity contribution in [2.75, 3.05) is 13.7 Å². The van der Waals surface area contributed by atoms with Crippen LogP contribution in [0, 0.1) is 6.92 Å². The van der Waals surface area contributed by atoms with Gasteiger partial charge in [-0.1, -0.05) is 12.1 Å². The van der Waals surface area contributed by atoms with Crippen molar-refractivity contribution in [1.29, 1.82) is 0 Å². The van der Waals surface area contributed by atoms with Gasteiger partial charge in [0.25, 0.3) is 0 Å². The number of ketones is 1. The van der Waals surface area contributed by atoms with Crippen LogP contribution in [0.2, 0.25) is 0 Å². The molecule has 0 fully saturated rings. The average molecular weight is 324 g/mol. The molecule has 0 spiro atoms. The Hall–Kier alpha value is -3.15. The Morgan fingerprint density at radius 2 is 2.04 bits per heavy atom. The minimum Gasteiger partial charge on any atom is -0.497 e. The van der Waals surface area contributed by atoms with Gasteiger partial charge in [0.05, 0.1) is 7.11 Å². The number of esters is 1. The summed E-state index contributed by atoms with van der Waals surface area (Å²) in [5, 5.41) is 0. The van der Waals surface area contributed by atoms with E-state index in [1.165, 1.54) is 7.11 Å². The molecule has 1 aromatic carbocycles. The van der Waals surface area contributed by atoms with Crippen molar-refractivity contribution >= 4 is 17.4 Å². The molecule has 0 aliphatic carbocycles. The first kappa shape index (κ1) is 15.7. The van der Waals surface area contributed by atoms with E-state index in [0.717, 1.165) is 5.56 Å². The Balaban J connectivity index is 1.68. The fraction of sp³-hybridized carbons (Fsp3) is 0.167. The highest BCUT2D eigenvalue weighted by molar-refractivity contribution is 5.99.